The molecular weight excluding hydrogens is 273 g/mol. The molecule has 1 aromatic heterocycles. The van der Waals surface area contributed by atoms with Gasteiger partial charge in [-0.15, -0.1) is 0 Å². The molecule has 106 valence electrons. The molecular formula is C15H12FN3O2. The van der Waals surface area contributed by atoms with Gasteiger partial charge in [0.25, 0.3) is 0 Å². The first-order valence-corrected chi connectivity index (χ1v) is 6.36. The Morgan fingerprint density at radius 1 is 0.905 bits per heavy atom. The number of aromatic nitrogens is 2. The zero-order valence-corrected chi connectivity index (χ0v) is 10.9. The minimum absolute atomic E-state index is 0.272. The summed E-state index contributed by atoms with van der Waals surface area (Å²) < 4.78 is 12.8. The van der Waals surface area contributed by atoms with Crippen molar-refractivity contribution in [3.05, 3.63) is 74.6 Å². The van der Waals surface area contributed by atoms with Gasteiger partial charge in [-0.1, -0.05) is 12.1 Å². The summed E-state index contributed by atoms with van der Waals surface area (Å²) in [4.78, 5) is 27.5. The molecule has 0 amide bonds. The Kier molecular flexibility index (Phi) is 3.27. The van der Waals surface area contributed by atoms with Crippen LogP contribution in [0.2, 0.25) is 0 Å². The molecule has 3 rings (SSSR count). The molecule has 0 aliphatic carbocycles. The number of fused-ring (bicyclic) bond motifs is 1. The summed E-state index contributed by atoms with van der Waals surface area (Å²) in [5.74, 6) is -0.272. The first-order chi connectivity index (χ1) is 10.1. The van der Waals surface area contributed by atoms with Crippen molar-refractivity contribution in [3.8, 4) is 0 Å². The quantitative estimate of drug-likeness (QED) is 0.644. The standard InChI is InChI=1S/C15H12FN3O2/c16-10-3-1-9(2-4-10)8-17-11-5-6-12-13(7-11)19-15(21)14(20)18-12/h1-7,17H,8H2,(H,18,20)(H,19,21). The highest BCUT2D eigenvalue weighted by atomic mass is 19.1. The molecule has 0 atom stereocenters. The minimum atomic E-state index is -0.682. The highest BCUT2D eigenvalue weighted by Crippen LogP contribution is 2.15. The molecule has 0 aliphatic rings. The van der Waals surface area contributed by atoms with Crippen LogP contribution in [0.5, 0.6) is 0 Å². The van der Waals surface area contributed by atoms with E-state index in [1.807, 2.05) is 0 Å². The molecule has 6 heteroatoms. The second-order valence-electron chi connectivity index (χ2n) is 4.65. The van der Waals surface area contributed by atoms with Crippen LogP contribution in [0.4, 0.5) is 10.1 Å². The molecule has 0 saturated carbocycles. The molecule has 21 heavy (non-hydrogen) atoms. The summed E-state index contributed by atoms with van der Waals surface area (Å²) in [5, 5.41) is 3.17. The predicted octanol–water partition coefficient (Wildman–Crippen LogP) is 1.97. The molecule has 0 spiro atoms. The molecule has 1 heterocycles. The van der Waals surface area contributed by atoms with Gasteiger partial charge in [0.15, 0.2) is 0 Å². The summed E-state index contributed by atoms with van der Waals surface area (Å²) in [6, 6.07) is 11.4. The second kappa shape index (κ2) is 5.24. The van der Waals surface area contributed by atoms with Crippen molar-refractivity contribution in [2.45, 2.75) is 6.54 Å². The van der Waals surface area contributed by atoms with Gasteiger partial charge in [-0.05, 0) is 35.9 Å². The van der Waals surface area contributed by atoms with Gasteiger partial charge in [-0.2, -0.15) is 0 Å². The lowest BCUT2D eigenvalue weighted by molar-refractivity contribution is 0.627. The number of hydrogen-bond donors (Lipinski definition) is 3. The maximum absolute atomic E-state index is 12.8. The van der Waals surface area contributed by atoms with Crippen molar-refractivity contribution in [3.63, 3.8) is 0 Å². The largest absolute Gasteiger partial charge is 0.381 e. The highest BCUT2D eigenvalue weighted by molar-refractivity contribution is 5.78. The number of hydrogen-bond acceptors (Lipinski definition) is 3. The van der Waals surface area contributed by atoms with E-state index in [-0.39, 0.29) is 5.82 Å². The number of rotatable bonds is 3. The SMILES string of the molecule is O=c1[nH]c2ccc(NCc3ccc(F)cc3)cc2[nH]c1=O. The number of aromatic amines is 2. The fourth-order valence-electron chi connectivity index (χ4n) is 2.03. The van der Waals surface area contributed by atoms with Gasteiger partial charge in [0.05, 0.1) is 11.0 Å². The molecule has 5 nitrogen and oxygen atoms in total. The fourth-order valence-corrected chi connectivity index (χ4v) is 2.03. The molecule has 3 aromatic rings. The average Bonchev–Trinajstić information content (AvgIpc) is 2.48. The Morgan fingerprint density at radius 3 is 2.29 bits per heavy atom. The lowest BCUT2D eigenvalue weighted by Crippen LogP contribution is -2.28. The van der Waals surface area contributed by atoms with E-state index in [0.717, 1.165) is 11.3 Å². The Morgan fingerprint density at radius 2 is 1.57 bits per heavy atom. The third kappa shape index (κ3) is 2.84. The van der Waals surface area contributed by atoms with Gasteiger partial charge < -0.3 is 15.3 Å². The zero-order chi connectivity index (χ0) is 14.8. The fraction of sp³-hybridized carbons (Fsp3) is 0.0667. The Labute approximate surface area is 118 Å². The van der Waals surface area contributed by atoms with Gasteiger partial charge in [-0.3, -0.25) is 9.59 Å². The summed E-state index contributed by atoms with van der Waals surface area (Å²) >= 11 is 0. The average molecular weight is 285 g/mol. The number of benzene rings is 2. The van der Waals surface area contributed by atoms with E-state index in [9.17, 15) is 14.0 Å². The number of anilines is 1. The Hall–Kier alpha value is -2.89. The molecule has 0 radical (unpaired) electrons. The van der Waals surface area contributed by atoms with Crippen LogP contribution in [0.3, 0.4) is 0 Å². The summed E-state index contributed by atoms with van der Waals surface area (Å²) in [6.07, 6.45) is 0. The number of nitrogens with one attached hydrogen (secondary N) is 3. The first-order valence-electron chi connectivity index (χ1n) is 6.36. The van der Waals surface area contributed by atoms with E-state index in [2.05, 4.69) is 15.3 Å². The zero-order valence-electron chi connectivity index (χ0n) is 10.9. The number of halogens is 1. The van der Waals surface area contributed by atoms with Crippen LogP contribution < -0.4 is 16.4 Å². The lowest BCUT2D eigenvalue weighted by Gasteiger charge is -2.07. The van der Waals surface area contributed by atoms with Crippen molar-refractivity contribution in [2.24, 2.45) is 0 Å². The van der Waals surface area contributed by atoms with E-state index < -0.39 is 11.1 Å². The molecule has 0 fully saturated rings. The molecule has 0 saturated heterocycles. The van der Waals surface area contributed by atoms with Crippen molar-refractivity contribution in [1.29, 1.82) is 0 Å². The summed E-state index contributed by atoms with van der Waals surface area (Å²) in [5.41, 5.74) is 1.48. The van der Waals surface area contributed by atoms with E-state index in [4.69, 9.17) is 0 Å². The molecule has 2 aromatic carbocycles. The maximum atomic E-state index is 12.8. The smallest absolute Gasteiger partial charge is 0.314 e. The monoisotopic (exact) mass is 285 g/mol. The van der Waals surface area contributed by atoms with Crippen molar-refractivity contribution >= 4 is 16.7 Å². The third-order valence-corrected chi connectivity index (χ3v) is 3.13. The highest BCUT2D eigenvalue weighted by Gasteiger charge is 2.01. The van der Waals surface area contributed by atoms with E-state index in [1.54, 1.807) is 30.3 Å². The normalized spacial score (nSPS) is 10.7. The van der Waals surface area contributed by atoms with Crippen LogP contribution in [0.1, 0.15) is 5.56 Å². The van der Waals surface area contributed by atoms with E-state index in [1.165, 1.54) is 12.1 Å². The van der Waals surface area contributed by atoms with E-state index in [0.29, 0.717) is 17.6 Å². The minimum Gasteiger partial charge on any atom is -0.381 e. The Bertz CT molecular complexity index is 897. The van der Waals surface area contributed by atoms with Crippen molar-refractivity contribution in [2.75, 3.05) is 5.32 Å². The van der Waals surface area contributed by atoms with E-state index >= 15 is 0 Å². The molecule has 3 N–H and O–H groups in total. The lowest BCUT2D eigenvalue weighted by atomic mass is 10.2. The summed E-state index contributed by atoms with van der Waals surface area (Å²) in [6.45, 7) is 0.527. The number of H-pyrrole nitrogens is 2. The van der Waals surface area contributed by atoms with Crippen LogP contribution in [-0.2, 0) is 6.54 Å². The van der Waals surface area contributed by atoms with Crippen molar-refractivity contribution in [1.82, 2.24) is 9.97 Å². The third-order valence-electron chi connectivity index (χ3n) is 3.13. The van der Waals surface area contributed by atoms with Crippen LogP contribution in [0.25, 0.3) is 11.0 Å². The molecule has 0 bridgehead atoms. The molecule has 0 unspecified atom stereocenters. The topological polar surface area (TPSA) is 77.8 Å². The first kappa shape index (κ1) is 13.1. The Balaban J connectivity index is 1.84. The van der Waals surface area contributed by atoms with Crippen LogP contribution in [0, 0.1) is 5.82 Å². The van der Waals surface area contributed by atoms with Gasteiger partial charge in [0.2, 0.25) is 0 Å². The summed E-state index contributed by atoms with van der Waals surface area (Å²) in [7, 11) is 0. The van der Waals surface area contributed by atoms with Crippen molar-refractivity contribution < 1.29 is 4.39 Å². The van der Waals surface area contributed by atoms with Crippen LogP contribution in [-0.4, -0.2) is 9.97 Å². The van der Waals surface area contributed by atoms with Crippen LogP contribution >= 0.6 is 0 Å². The molecule has 0 aliphatic heterocycles. The maximum Gasteiger partial charge on any atom is 0.314 e. The predicted molar refractivity (Wildman–Crippen MR) is 78.9 cm³/mol. The van der Waals surface area contributed by atoms with Gasteiger partial charge in [0, 0.05) is 12.2 Å². The van der Waals surface area contributed by atoms with Gasteiger partial charge in [0.1, 0.15) is 5.82 Å². The van der Waals surface area contributed by atoms with Gasteiger partial charge in [-0.25, -0.2) is 4.39 Å². The van der Waals surface area contributed by atoms with Crippen LogP contribution in [0.15, 0.2) is 52.1 Å². The second-order valence-corrected chi connectivity index (χ2v) is 4.65. The van der Waals surface area contributed by atoms with Gasteiger partial charge >= 0.3 is 11.1 Å².